The molecule has 1 saturated heterocycles. The third-order valence-electron chi connectivity index (χ3n) is 2.44. The molecule has 3 heteroatoms. The molecular weight excluding hydrogens is 178 g/mol. The molecule has 1 atom stereocenters. The lowest BCUT2D eigenvalue weighted by molar-refractivity contribution is -0.202. The van der Waals surface area contributed by atoms with Gasteiger partial charge in [-0.05, 0) is 19.3 Å². The number of piperidine rings is 1. The van der Waals surface area contributed by atoms with Crippen LogP contribution in [0.25, 0.3) is 0 Å². The Labute approximate surface area is 85.7 Å². The van der Waals surface area contributed by atoms with E-state index in [1.807, 2.05) is 13.0 Å². The quantitative estimate of drug-likeness (QED) is 0.647. The maximum atomic E-state index is 11.3. The fourth-order valence-corrected chi connectivity index (χ4v) is 1.66. The third-order valence-corrected chi connectivity index (χ3v) is 2.44. The Hall–Kier alpha value is -0.830. The molecule has 0 aromatic rings. The summed E-state index contributed by atoms with van der Waals surface area (Å²) < 4.78 is 0. The molecule has 1 heterocycles. The first kappa shape index (κ1) is 11.2. The van der Waals surface area contributed by atoms with Crippen LogP contribution in [0.2, 0.25) is 0 Å². The van der Waals surface area contributed by atoms with Crippen molar-refractivity contribution in [1.29, 1.82) is 0 Å². The van der Waals surface area contributed by atoms with Crippen molar-refractivity contribution in [2.24, 2.45) is 0 Å². The molecule has 1 unspecified atom stereocenters. The zero-order chi connectivity index (χ0) is 10.4. The Morgan fingerprint density at radius 3 is 3.07 bits per heavy atom. The summed E-state index contributed by atoms with van der Waals surface area (Å²) in [7, 11) is 0. The van der Waals surface area contributed by atoms with Crippen LogP contribution in [0.15, 0.2) is 12.7 Å². The molecule has 0 aromatic heterocycles. The van der Waals surface area contributed by atoms with E-state index in [1.165, 1.54) is 6.42 Å². The molecule has 0 N–H and O–H groups in total. The highest BCUT2D eigenvalue weighted by atomic mass is 16.7. The van der Waals surface area contributed by atoms with E-state index < -0.39 is 0 Å². The van der Waals surface area contributed by atoms with Crippen LogP contribution >= 0.6 is 0 Å². The Morgan fingerprint density at radius 1 is 1.64 bits per heavy atom. The normalized spacial score (nSPS) is 23.1. The molecule has 0 aliphatic carbocycles. The van der Waals surface area contributed by atoms with Crippen molar-refractivity contribution in [2.45, 2.75) is 45.1 Å². The van der Waals surface area contributed by atoms with E-state index in [0.29, 0.717) is 6.42 Å². The van der Waals surface area contributed by atoms with E-state index in [0.717, 1.165) is 25.8 Å². The molecule has 1 fully saturated rings. The predicted molar refractivity (Wildman–Crippen MR) is 55.5 cm³/mol. The topological polar surface area (TPSA) is 29.5 Å². The zero-order valence-corrected chi connectivity index (χ0v) is 8.87. The molecular formula is C11H19NO2. The summed E-state index contributed by atoms with van der Waals surface area (Å²) in [6.45, 7) is 6.57. The molecule has 0 saturated carbocycles. The van der Waals surface area contributed by atoms with Crippen molar-refractivity contribution >= 4 is 5.97 Å². The summed E-state index contributed by atoms with van der Waals surface area (Å²) in [5.74, 6) is -0.124. The van der Waals surface area contributed by atoms with Crippen molar-refractivity contribution in [2.75, 3.05) is 6.54 Å². The van der Waals surface area contributed by atoms with Gasteiger partial charge in [0.1, 0.15) is 0 Å². The van der Waals surface area contributed by atoms with Gasteiger partial charge in [0, 0.05) is 13.0 Å². The van der Waals surface area contributed by atoms with Gasteiger partial charge < -0.3 is 4.84 Å². The minimum atomic E-state index is -0.124. The second-order valence-corrected chi connectivity index (χ2v) is 3.65. The van der Waals surface area contributed by atoms with E-state index in [4.69, 9.17) is 4.84 Å². The van der Waals surface area contributed by atoms with Gasteiger partial charge in [-0.15, -0.1) is 11.6 Å². The minimum absolute atomic E-state index is 0.124. The van der Waals surface area contributed by atoms with Crippen LogP contribution in [0.5, 0.6) is 0 Å². The van der Waals surface area contributed by atoms with Crippen molar-refractivity contribution in [1.82, 2.24) is 5.06 Å². The van der Waals surface area contributed by atoms with Crippen LogP contribution < -0.4 is 0 Å². The highest BCUT2D eigenvalue weighted by Gasteiger charge is 2.22. The van der Waals surface area contributed by atoms with Gasteiger partial charge in [0.05, 0.1) is 6.04 Å². The summed E-state index contributed by atoms with van der Waals surface area (Å²) in [6.07, 6.45) is 6.54. The largest absolute Gasteiger partial charge is 0.367 e. The van der Waals surface area contributed by atoms with E-state index in [1.54, 1.807) is 5.06 Å². The number of nitrogens with zero attached hydrogens (tertiary/aromatic N) is 1. The van der Waals surface area contributed by atoms with Crippen LogP contribution in [0, 0.1) is 0 Å². The molecule has 0 amide bonds. The van der Waals surface area contributed by atoms with E-state index >= 15 is 0 Å². The van der Waals surface area contributed by atoms with Crippen molar-refractivity contribution in [3.05, 3.63) is 12.7 Å². The summed E-state index contributed by atoms with van der Waals surface area (Å²) in [5.41, 5.74) is 0. The van der Waals surface area contributed by atoms with Crippen molar-refractivity contribution < 1.29 is 9.63 Å². The van der Waals surface area contributed by atoms with Crippen LogP contribution in [-0.2, 0) is 9.63 Å². The Balaban J connectivity index is 2.39. The summed E-state index contributed by atoms with van der Waals surface area (Å²) in [4.78, 5) is 16.5. The Morgan fingerprint density at radius 2 is 2.43 bits per heavy atom. The smallest absolute Gasteiger partial charge is 0.325 e. The van der Waals surface area contributed by atoms with Gasteiger partial charge in [-0.3, -0.25) is 4.79 Å². The van der Waals surface area contributed by atoms with Gasteiger partial charge >= 0.3 is 5.97 Å². The maximum Gasteiger partial charge on any atom is 0.325 e. The first-order valence-electron chi connectivity index (χ1n) is 5.38. The fraction of sp³-hybridized carbons (Fsp3) is 0.727. The third kappa shape index (κ3) is 3.14. The molecule has 0 bridgehead atoms. The average molecular weight is 197 g/mol. The SMILES string of the molecule is C=CC1CCCCN1OC(=O)CCC. The summed E-state index contributed by atoms with van der Waals surface area (Å²) in [5, 5.41) is 1.77. The first-order valence-corrected chi connectivity index (χ1v) is 5.38. The second kappa shape index (κ2) is 5.81. The predicted octanol–water partition coefficient (Wildman–Crippen LogP) is 2.29. The molecule has 80 valence electrons. The van der Waals surface area contributed by atoms with Gasteiger partial charge in [-0.1, -0.05) is 19.4 Å². The number of carbonyl (C=O) groups excluding carboxylic acids is 1. The average Bonchev–Trinajstić information content (AvgIpc) is 2.19. The number of hydrogen-bond donors (Lipinski definition) is 0. The van der Waals surface area contributed by atoms with Gasteiger partial charge in [-0.2, -0.15) is 0 Å². The van der Waals surface area contributed by atoms with Crippen LogP contribution in [0.1, 0.15) is 39.0 Å². The number of hydrogen-bond acceptors (Lipinski definition) is 3. The number of rotatable bonds is 4. The molecule has 1 rings (SSSR count). The maximum absolute atomic E-state index is 11.3. The van der Waals surface area contributed by atoms with Gasteiger partial charge in [-0.25, -0.2) is 0 Å². The van der Waals surface area contributed by atoms with E-state index in [2.05, 4.69) is 6.58 Å². The standard InChI is InChI=1S/C11H19NO2/c1-3-7-11(13)14-12-9-6-5-8-10(12)4-2/h4,10H,2-3,5-9H2,1H3. The molecule has 1 aliphatic heterocycles. The molecule has 1 aliphatic rings. The van der Waals surface area contributed by atoms with Crippen molar-refractivity contribution in [3.8, 4) is 0 Å². The van der Waals surface area contributed by atoms with Crippen LogP contribution in [-0.4, -0.2) is 23.6 Å². The fourth-order valence-electron chi connectivity index (χ4n) is 1.66. The number of carbonyl (C=O) groups is 1. The van der Waals surface area contributed by atoms with Gasteiger partial charge in [0.2, 0.25) is 0 Å². The summed E-state index contributed by atoms with van der Waals surface area (Å²) in [6, 6.07) is 0.213. The molecule has 3 nitrogen and oxygen atoms in total. The van der Waals surface area contributed by atoms with E-state index in [9.17, 15) is 4.79 Å². The lowest BCUT2D eigenvalue weighted by atomic mass is 10.1. The lowest BCUT2D eigenvalue weighted by Gasteiger charge is -2.31. The van der Waals surface area contributed by atoms with Gasteiger partial charge in [0.15, 0.2) is 0 Å². The first-order chi connectivity index (χ1) is 6.77. The molecule has 14 heavy (non-hydrogen) atoms. The van der Waals surface area contributed by atoms with Crippen LogP contribution in [0.3, 0.4) is 0 Å². The monoisotopic (exact) mass is 197 g/mol. The van der Waals surface area contributed by atoms with Gasteiger partial charge in [0.25, 0.3) is 0 Å². The second-order valence-electron chi connectivity index (χ2n) is 3.65. The highest BCUT2D eigenvalue weighted by Crippen LogP contribution is 2.18. The summed E-state index contributed by atoms with van der Waals surface area (Å²) >= 11 is 0. The number of hydroxylamine groups is 2. The highest BCUT2D eigenvalue weighted by molar-refractivity contribution is 5.68. The molecule has 0 spiro atoms. The van der Waals surface area contributed by atoms with Crippen molar-refractivity contribution in [3.63, 3.8) is 0 Å². The van der Waals surface area contributed by atoms with E-state index in [-0.39, 0.29) is 12.0 Å². The zero-order valence-electron chi connectivity index (χ0n) is 8.87. The Kier molecular flexibility index (Phi) is 4.66. The minimum Gasteiger partial charge on any atom is -0.367 e. The molecule has 0 radical (unpaired) electrons. The Bertz CT molecular complexity index is 203. The van der Waals surface area contributed by atoms with Crippen LogP contribution in [0.4, 0.5) is 0 Å². The molecule has 0 aromatic carbocycles. The lowest BCUT2D eigenvalue weighted by Crippen LogP contribution is -2.39.